The van der Waals surface area contributed by atoms with Crippen LogP contribution in [0, 0.1) is 0 Å². The van der Waals surface area contributed by atoms with E-state index in [-0.39, 0.29) is 18.5 Å². The number of halogens is 3. The van der Waals surface area contributed by atoms with Crippen LogP contribution in [0.25, 0.3) is 0 Å². The van der Waals surface area contributed by atoms with Crippen LogP contribution in [0.2, 0.25) is 0 Å². The third-order valence-corrected chi connectivity index (χ3v) is 1.60. The number of hydrogen-bond acceptors (Lipinski definition) is 5. The lowest BCUT2D eigenvalue weighted by Gasteiger charge is -2.05. The first-order chi connectivity index (χ1) is 6.97. The minimum absolute atomic E-state index is 0.0696. The number of nitrogens with zero attached hydrogens (tertiary/aromatic N) is 2. The molecule has 0 aliphatic carbocycles. The van der Waals surface area contributed by atoms with Gasteiger partial charge in [-0.05, 0) is 12.8 Å². The summed E-state index contributed by atoms with van der Waals surface area (Å²) in [4.78, 5) is 0. The van der Waals surface area contributed by atoms with Crippen LogP contribution >= 0.6 is 0 Å². The Bertz CT molecular complexity index is 299. The number of aromatic nitrogens is 2. The van der Waals surface area contributed by atoms with Gasteiger partial charge in [0.2, 0.25) is 0 Å². The standard InChI is InChI=1S/C7H11F3N4O/c8-7(9,10)3-1-2-4-12-6-14-13-5(11)15-6/h1-4H2,(H2,11,13)(H,12,14). The van der Waals surface area contributed by atoms with Crippen LogP contribution in [0.5, 0.6) is 0 Å². The van der Waals surface area contributed by atoms with Gasteiger partial charge in [0, 0.05) is 13.0 Å². The molecule has 0 fully saturated rings. The van der Waals surface area contributed by atoms with E-state index in [1.807, 2.05) is 0 Å². The number of hydrogen-bond donors (Lipinski definition) is 2. The van der Waals surface area contributed by atoms with Crippen LogP contribution in [0.4, 0.5) is 25.2 Å². The largest absolute Gasteiger partial charge is 0.390 e. The van der Waals surface area contributed by atoms with Gasteiger partial charge in [-0.15, -0.1) is 0 Å². The van der Waals surface area contributed by atoms with Gasteiger partial charge in [0.1, 0.15) is 0 Å². The molecule has 15 heavy (non-hydrogen) atoms. The number of unbranched alkanes of at least 4 members (excludes halogenated alkanes) is 1. The van der Waals surface area contributed by atoms with Crippen molar-refractivity contribution in [2.24, 2.45) is 0 Å². The van der Waals surface area contributed by atoms with E-state index in [0.29, 0.717) is 13.0 Å². The topological polar surface area (TPSA) is 77.0 Å². The van der Waals surface area contributed by atoms with E-state index in [1.165, 1.54) is 0 Å². The zero-order valence-corrected chi connectivity index (χ0v) is 7.84. The molecule has 0 saturated carbocycles. The minimum atomic E-state index is -4.09. The van der Waals surface area contributed by atoms with Gasteiger partial charge in [-0.3, -0.25) is 0 Å². The molecule has 5 nitrogen and oxygen atoms in total. The summed E-state index contributed by atoms with van der Waals surface area (Å²) in [7, 11) is 0. The number of rotatable bonds is 5. The molecule has 3 N–H and O–H groups in total. The second kappa shape index (κ2) is 4.85. The molecule has 0 radical (unpaired) electrons. The Balaban J connectivity index is 2.07. The van der Waals surface area contributed by atoms with Crippen molar-refractivity contribution in [1.82, 2.24) is 10.2 Å². The summed E-state index contributed by atoms with van der Waals surface area (Å²) < 4.78 is 39.9. The van der Waals surface area contributed by atoms with Gasteiger partial charge < -0.3 is 15.5 Å². The van der Waals surface area contributed by atoms with E-state index in [4.69, 9.17) is 10.2 Å². The highest BCUT2D eigenvalue weighted by molar-refractivity contribution is 5.21. The number of nitrogens with two attached hydrogens (primary N) is 1. The highest BCUT2D eigenvalue weighted by Crippen LogP contribution is 2.22. The van der Waals surface area contributed by atoms with Crippen LogP contribution < -0.4 is 11.1 Å². The van der Waals surface area contributed by atoms with E-state index in [2.05, 4.69) is 15.5 Å². The molecule has 0 aliphatic heterocycles. The maximum Gasteiger partial charge on any atom is 0.389 e. The molecule has 0 atom stereocenters. The first-order valence-corrected chi connectivity index (χ1v) is 4.37. The van der Waals surface area contributed by atoms with Gasteiger partial charge >= 0.3 is 18.2 Å². The molecule has 0 bridgehead atoms. The molecule has 1 heterocycles. The third-order valence-electron chi connectivity index (χ3n) is 1.60. The van der Waals surface area contributed by atoms with Crippen molar-refractivity contribution < 1.29 is 17.6 Å². The molecule has 1 rings (SSSR count). The molecule has 1 aromatic heterocycles. The lowest BCUT2D eigenvalue weighted by atomic mass is 10.2. The van der Waals surface area contributed by atoms with Gasteiger partial charge in [-0.1, -0.05) is 10.2 Å². The van der Waals surface area contributed by atoms with Gasteiger partial charge in [0.15, 0.2) is 0 Å². The second-order valence-corrected chi connectivity index (χ2v) is 2.94. The van der Waals surface area contributed by atoms with Crippen molar-refractivity contribution in [3.63, 3.8) is 0 Å². The number of alkyl halides is 3. The fourth-order valence-electron chi connectivity index (χ4n) is 0.952. The zero-order valence-electron chi connectivity index (χ0n) is 7.84. The predicted octanol–water partition coefficient (Wildman–Crippen LogP) is 1.80. The molecule has 0 unspecified atom stereocenters. The Labute approximate surface area is 83.8 Å². The molecule has 8 heteroatoms. The van der Waals surface area contributed by atoms with Crippen LogP contribution in [0.15, 0.2) is 4.42 Å². The molecule has 1 aromatic rings. The quantitative estimate of drug-likeness (QED) is 0.745. The maximum absolute atomic E-state index is 11.7. The monoisotopic (exact) mass is 224 g/mol. The molecular weight excluding hydrogens is 213 g/mol. The van der Waals surface area contributed by atoms with Crippen LogP contribution in [-0.2, 0) is 0 Å². The van der Waals surface area contributed by atoms with Crippen molar-refractivity contribution in [1.29, 1.82) is 0 Å². The molecule has 0 spiro atoms. The lowest BCUT2D eigenvalue weighted by Crippen LogP contribution is -2.08. The molecule has 86 valence electrons. The zero-order chi connectivity index (χ0) is 11.3. The van der Waals surface area contributed by atoms with Crippen molar-refractivity contribution in [3.8, 4) is 0 Å². The van der Waals surface area contributed by atoms with E-state index >= 15 is 0 Å². The van der Waals surface area contributed by atoms with Crippen molar-refractivity contribution in [3.05, 3.63) is 0 Å². The van der Waals surface area contributed by atoms with Crippen LogP contribution in [0.1, 0.15) is 19.3 Å². The fraction of sp³-hybridized carbons (Fsp3) is 0.714. The van der Waals surface area contributed by atoms with Gasteiger partial charge in [-0.25, -0.2) is 0 Å². The second-order valence-electron chi connectivity index (χ2n) is 2.94. The summed E-state index contributed by atoms with van der Waals surface area (Å²) in [5.74, 6) is 0. The van der Waals surface area contributed by atoms with Gasteiger partial charge in [0.05, 0.1) is 0 Å². The Morgan fingerprint density at radius 2 is 2.00 bits per heavy atom. The number of nitrogen functional groups attached to an aromatic ring is 1. The maximum atomic E-state index is 11.7. The molecule has 0 saturated heterocycles. The Hall–Kier alpha value is -1.47. The summed E-state index contributed by atoms with van der Waals surface area (Å²) in [6, 6.07) is 0.0484. The normalized spacial score (nSPS) is 11.7. The van der Waals surface area contributed by atoms with E-state index < -0.39 is 12.6 Å². The number of anilines is 2. The molecule has 0 amide bonds. The SMILES string of the molecule is Nc1nnc(NCCCCC(F)(F)F)o1. The van der Waals surface area contributed by atoms with Crippen molar-refractivity contribution >= 4 is 12.0 Å². The molecular formula is C7H11F3N4O. The summed E-state index contributed by atoms with van der Waals surface area (Å²) >= 11 is 0. The average Bonchev–Trinajstić information content (AvgIpc) is 2.49. The lowest BCUT2D eigenvalue weighted by molar-refractivity contribution is -0.135. The minimum Gasteiger partial charge on any atom is -0.390 e. The first kappa shape index (κ1) is 11.6. The summed E-state index contributed by atoms with van der Waals surface area (Å²) in [5.41, 5.74) is 5.14. The number of nitrogens with one attached hydrogen (secondary N) is 1. The highest BCUT2D eigenvalue weighted by Gasteiger charge is 2.25. The highest BCUT2D eigenvalue weighted by atomic mass is 19.4. The summed E-state index contributed by atoms with van der Waals surface area (Å²) in [5, 5.41) is 9.52. The van der Waals surface area contributed by atoms with Crippen molar-refractivity contribution in [2.45, 2.75) is 25.4 Å². The summed E-state index contributed by atoms with van der Waals surface area (Å²) in [6.45, 7) is 0.345. The predicted molar refractivity (Wildman–Crippen MR) is 47.1 cm³/mol. The summed E-state index contributed by atoms with van der Waals surface area (Å²) in [6.07, 6.45) is -4.42. The smallest absolute Gasteiger partial charge is 0.389 e. The Morgan fingerprint density at radius 3 is 2.53 bits per heavy atom. The Morgan fingerprint density at radius 1 is 1.27 bits per heavy atom. The van der Waals surface area contributed by atoms with Crippen LogP contribution in [-0.4, -0.2) is 22.9 Å². The van der Waals surface area contributed by atoms with E-state index in [9.17, 15) is 13.2 Å². The fourth-order valence-corrected chi connectivity index (χ4v) is 0.952. The first-order valence-electron chi connectivity index (χ1n) is 4.37. The van der Waals surface area contributed by atoms with E-state index in [1.54, 1.807) is 0 Å². The van der Waals surface area contributed by atoms with Crippen molar-refractivity contribution in [2.75, 3.05) is 17.6 Å². The average molecular weight is 224 g/mol. The van der Waals surface area contributed by atoms with Crippen LogP contribution in [0.3, 0.4) is 0 Å². The Kier molecular flexibility index (Phi) is 3.75. The third kappa shape index (κ3) is 5.08. The van der Waals surface area contributed by atoms with Gasteiger partial charge in [-0.2, -0.15) is 13.2 Å². The van der Waals surface area contributed by atoms with Gasteiger partial charge in [0.25, 0.3) is 0 Å². The van der Waals surface area contributed by atoms with E-state index in [0.717, 1.165) is 0 Å². The molecule has 0 aromatic carbocycles. The molecule has 0 aliphatic rings.